The maximum Gasteiger partial charge on any atom is 0.241 e. The molecular weight excluding hydrogens is 354 g/mol. The van der Waals surface area contributed by atoms with Crippen molar-refractivity contribution in [3.05, 3.63) is 72.9 Å². The van der Waals surface area contributed by atoms with E-state index in [2.05, 4.69) is 20.4 Å². The van der Waals surface area contributed by atoms with Gasteiger partial charge in [0, 0.05) is 29.0 Å². The van der Waals surface area contributed by atoms with E-state index in [-0.39, 0.29) is 12.5 Å². The lowest BCUT2D eigenvalue weighted by molar-refractivity contribution is -0.117. The van der Waals surface area contributed by atoms with Gasteiger partial charge >= 0.3 is 0 Å². The molecule has 2 aromatic heterocycles. The third kappa shape index (κ3) is 4.05. The number of fused-ring (bicyclic) bond motifs is 1. The molecule has 7 nitrogen and oxygen atoms in total. The molecule has 0 unspecified atom stereocenters. The van der Waals surface area contributed by atoms with Gasteiger partial charge in [-0.05, 0) is 30.6 Å². The monoisotopic (exact) mass is 373 g/mol. The zero-order chi connectivity index (χ0) is 19.3. The Bertz CT molecular complexity index is 1090. The van der Waals surface area contributed by atoms with Crippen LogP contribution >= 0.6 is 0 Å². The number of pyridine rings is 1. The smallest absolute Gasteiger partial charge is 0.241 e. The second-order valence-electron chi connectivity index (χ2n) is 6.50. The van der Waals surface area contributed by atoms with E-state index in [0.717, 1.165) is 22.0 Å². The molecule has 0 radical (unpaired) electrons. The first-order chi connectivity index (χ1) is 13.7. The van der Waals surface area contributed by atoms with E-state index in [4.69, 9.17) is 4.52 Å². The Morgan fingerprint density at radius 1 is 1.11 bits per heavy atom. The van der Waals surface area contributed by atoms with Crippen LogP contribution in [0.5, 0.6) is 0 Å². The summed E-state index contributed by atoms with van der Waals surface area (Å²) in [6.45, 7) is 0.573. The summed E-state index contributed by atoms with van der Waals surface area (Å²) in [7, 11) is 1.83. The minimum atomic E-state index is -0.106. The van der Waals surface area contributed by atoms with E-state index >= 15 is 0 Å². The van der Waals surface area contributed by atoms with E-state index in [1.54, 1.807) is 12.4 Å². The number of aromatic nitrogens is 3. The van der Waals surface area contributed by atoms with Gasteiger partial charge in [0.25, 0.3) is 0 Å². The second-order valence-corrected chi connectivity index (χ2v) is 6.50. The fourth-order valence-corrected chi connectivity index (χ4v) is 2.99. The van der Waals surface area contributed by atoms with Gasteiger partial charge in [-0.25, -0.2) is 0 Å². The zero-order valence-electron chi connectivity index (χ0n) is 15.4. The molecule has 7 heteroatoms. The number of benzene rings is 2. The normalized spacial score (nSPS) is 11.1. The molecule has 4 rings (SSSR count). The molecule has 0 saturated heterocycles. The Balaban J connectivity index is 1.38. The Morgan fingerprint density at radius 2 is 1.96 bits per heavy atom. The Labute approximate surface area is 162 Å². The first-order valence-electron chi connectivity index (χ1n) is 8.88. The number of nitrogens with one attached hydrogen (secondary N) is 1. The highest BCUT2D eigenvalue weighted by molar-refractivity contribution is 6.02. The zero-order valence-corrected chi connectivity index (χ0v) is 15.4. The molecule has 0 aliphatic carbocycles. The number of hydrogen-bond donors (Lipinski definition) is 1. The Hall–Kier alpha value is -3.58. The topological polar surface area (TPSA) is 84.2 Å². The molecule has 1 N–H and O–H groups in total. The first-order valence-corrected chi connectivity index (χ1v) is 8.88. The molecular formula is C21H19N5O2. The van der Waals surface area contributed by atoms with Crippen LogP contribution in [-0.2, 0) is 11.3 Å². The largest absolute Gasteiger partial charge is 0.338 e. The van der Waals surface area contributed by atoms with Crippen molar-refractivity contribution in [2.24, 2.45) is 0 Å². The summed E-state index contributed by atoms with van der Waals surface area (Å²) in [5.41, 5.74) is 1.59. The lowest BCUT2D eigenvalue weighted by atomic mass is 10.1. The number of likely N-dealkylation sites (N-methyl/N-ethyl adjacent to an activating group) is 1. The third-order valence-corrected chi connectivity index (χ3v) is 4.27. The molecule has 1 amide bonds. The molecule has 0 aliphatic heterocycles. The molecule has 28 heavy (non-hydrogen) atoms. The number of amides is 1. The highest BCUT2D eigenvalue weighted by Crippen LogP contribution is 2.23. The van der Waals surface area contributed by atoms with Gasteiger partial charge in [0.2, 0.25) is 17.6 Å². The fraction of sp³-hybridized carbons (Fsp3) is 0.143. The van der Waals surface area contributed by atoms with Gasteiger partial charge in [-0.2, -0.15) is 4.98 Å². The number of rotatable bonds is 6. The number of nitrogens with zero attached hydrogens (tertiary/aromatic N) is 4. The fourth-order valence-electron chi connectivity index (χ4n) is 2.99. The molecule has 0 atom stereocenters. The van der Waals surface area contributed by atoms with Crippen molar-refractivity contribution in [3.63, 3.8) is 0 Å². The number of anilines is 1. The second kappa shape index (κ2) is 7.98. The van der Waals surface area contributed by atoms with Gasteiger partial charge in [0.15, 0.2) is 0 Å². The molecule has 2 heterocycles. The molecule has 140 valence electrons. The summed E-state index contributed by atoms with van der Waals surface area (Å²) < 4.78 is 5.28. The Kier molecular flexibility index (Phi) is 5.07. The summed E-state index contributed by atoms with van der Waals surface area (Å²) in [5, 5.41) is 9.04. The maximum absolute atomic E-state index is 12.5. The highest BCUT2D eigenvalue weighted by Gasteiger charge is 2.14. The summed E-state index contributed by atoms with van der Waals surface area (Å²) in [6.07, 6.45) is 3.36. The molecule has 0 aliphatic rings. The standard InChI is InChI=1S/C21H19N5O2/c1-26(14-20-24-21(25-28-20)16-8-5-11-22-12-16)13-19(27)23-18-10-4-7-15-6-2-3-9-17(15)18/h2-12H,13-14H2,1H3,(H,23,27). The SMILES string of the molecule is CN(CC(=O)Nc1cccc2ccccc12)Cc1nc(-c2cccnc2)no1. The van der Waals surface area contributed by atoms with Gasteiger partial charge in [-0.15, -0.1) is 0 Å². The van der Waals surface area contributed by atoms with Crippen molar-refractivity contribution in [1.82, 2.24) is 20.0 Å². The Morgan fingerprint density at radius 3 is 2.82 bits per heavy atom. The van der Waals surface area contributed by atoms with Crippen LogP contribution in [0.15, 0.2) is 71.5 Å². The lowest BCUT2D eigenvalue weighted by Crippen LogP contribution is -2.30. The molecule has 0 saturated carbocycles. The third-order valence-electron chi connectivity index (χ3n) is 4.27. The van der Waals surface area contributed by atoms with Crippen LogP contribution in [0.1, 0.15) is 5.89 Å². The number of carbonyl (C=O) groups is 1. The summed E-state index contributed by atoms with van der Waals surface area (Å²) in [5.74, 6) is 0.821. The average Bonchev–Trinajstić information content (AvgIpc) is 3.17. The van der Waals surface area contributed by atoms with Gasteiger partial charge in [-0.1, -0.05) is 41.6 Å². The van der Waals surface area contributed by atoms with Crippen molar-refractivity contribution in [2.45, 2.75) is 6.54 Å². The van der Waals surface area contributed by atoms with Gasteiger partial charge < -0.3 is 9.84 Å². The predicted octanol–water partition coefficient (Wildman–Crippen LogP) is 3.36. The van der Waals surface area contributed by atoms with Crippen LogP contribution in [-0.4, -0.2) is 39.5 Å². The van der Waals surface area contributed by atoms with Gasteiger partial charge in [0.1, 0.15) is 0 Å². The van der Waals surface area contributed by atoms with Crippen molar-refractivity contribution in [1.29, 1.82) is 0 Å². The van der Waals surface area contributed by atoms with Crippen molar-refractivity contribution in [3.8, 4) is 11.4 Å². The van der Waals surface area contributed by atoms with Crippen LogP contribution in [0.3, 0.4) is 0 Å². The minimum Gasteiger partial charge on any atom is -0.338 e. The summed E-state index contributed by atoms with van der Waals surface area (Å²) in [6, 6.07) is 17.5. The maximum atomic E-state index is 12.5. The van der Waals surface area contributed by atoms with Crippen LogP contribution < -0.4 is 5.32 Å². The van der Waals surface area contributed by atoms with Gasteiger partial charge in [0.05, 0.1) is 13.1 Å². The van der Waals surface area contributed by atoms with Gasteiger partial charge in [-0.3, -0.25) is 14.7 Å². The first kappa shape index (κ1) is 17.8. The summed E-state index contributed by atoms with van der Waals surface area (Å²) in [4.78, 5) is 22.7. The van der Waals surface area contributed by atoms with Crippen LogP contribution in [0, 0.1) is 0 Å². The molecule has 0 spiro atoms. The highest BCUT2D eigenvalue weighted by atomic mass is 16.5. The van der Waals surface area contributed by atoms with E-state index in [1.165, 1.54) is 0 Å². The van der Waals surface area contributed by atoms with Crippen molar-refractivity contribution in [2.75, 3.05) is 18.9 Å². The van der Waals surface area contributed by atoms with E-state index in [1.807, 2.05) is 66.5 Å². The quantitative estimate of drug-likeness (QED) is 0.558. The summed E-state index contributed by atoms with van der Waals surface area (Å²) >= 11 is 0. The molecule has 4 aromatic rings. The predicted molar refractivity (Wildman–Crippen MR) is 106 cm³/mol. The van der Waals surface area contributed by atoms with Crippen LogP contribution in [0.25, 0.3) is 22.2 Å². The van der Waals surface area contributed by atoms with Crippen LogP contribution in [0.4, 0.5) is 5.69 Å². The van der Waals surface area contributed by atoms with E-state index in [9.17, 15) is 4.79 Å². The van der Waals surface area contributed by atoms with Crippen molar-refractivity contribution >= 4 is 22.4 Å². The van der Waals surface area contributed by atoms with Crippen LogP contribution in [0.2, 0.25) is 0 Å². The molecule has 0 fully saturated rings. The van der Waals surface area contributed by atoms with E-state index < -0.39 is 0 Å². The van der Waals surface area contributed by atoms with Crippen molar-refractivity contribution < 1.29 is 9.32 Å². The minimum absolute atomic E-state index is 0.106. The van der Waals surface area contributed by atoms with E-state index in [0.29, 0.717) is 18.3 Å². The molecule has 0 bridgehead atoms. The average molecular weight is 373 g/mol. The lowest BCUT2D eigenvalue weighted by Gasteiger charge is -2.14. The number of carbonyl (C=O) groups excluding carboxylic acids is 1. The number of hydrogen-bond acceptors (Lipinski definition) is 6. The molecule has 2 aromatic carbocycles.